The van der Waals surface area contributed by atoms with E-state index < -0.39 is 0 Å². The van der Waals surface area contributed by atoms with E-state index >= 15 is 0 Å². The Morgan fingerprint density at radius 3 is 2.93 bits per heavy atom. The lowest BCUT2D eigenvalue weighted by Crippen LogP contribution is -2.00. The van der Waals surface area contributed by atoms with Gasteiger partial charge in [0, 0.05) is 13.2 Å². The number of aryl methyl sites for hydroxylation is 1. The topological polar surface area (TPSA) is 29.7 Å². The fourth-order valence-electron chi connectivity index (χ4n) is 1.78. The normalized spacial score (nSPS) is 12.3. The van der Waals surface area contributed by atoms with Crippen LogP contribution in [0.25, 0.3) is 5.65 Å². The number of pyridine rings is 1. The van der Waals surface area contributed by atoms with Gasteiger partial charge in [0.2, 0.25) is 0 Å². The highest BCUT2D eigenvalue weighted by molar-refractivity contribution is 5.98. The summed E-state index contributed by atoms with van der Waals surface area (Å²) in [5.74, 6) is 0. The molecule has 15 heavy (non-hydrogen) atoms. The molecule has 0 saturated heterocycles. The quantitative estimate of drug-likeness (QED) is 0.686. The number of hydrogen-bond acceptors (Lipinski definition) is 2. The third kappa shape index (κ3) is 1.54. The van der Waals surface area contributed by atoms with Crippen molar-refractivity contribution in [3.63, 3.8) is 0 Å². The van der Waals surface area contributed by atoms with Gasteiger partial charge in [-0.05, 0) is 25.5 Å². The number of rotatable bonds is 2. The predicted octanol–water partition coefficient (Wildman–Crippen LogP) is 2.34. The number of aromatic nitrogens is 2. The number of aliphatic imine (C=N–C) groups is 1. The molecule has 0 radical (unpaired) electrons. The van der Waals surface area contributed by atoms with Crippen molar-refractivity contribution >= 4 is 11.4 Å². The van der Waals surface area contributed by atoms with Crippen LogP contribution >= 0.6 is 0 Å². The van der Waals surface area contributed by atoms with Crippen LogP contribution in [-0.4, -0.2) is 22.1 Å². The van der Waals surface area contributed by atoms with Crippen LogP contribution < -0.4 is 0 Å². The number of imidazole rings is 1. The zero-order valence-electron chi connectivity index (χ0n) is 9.36. The van der Waals surface area contributed by atoms with E-state index in [0.29, 0.717) is 0 Å². The van der Waals surface area contributed by atoms with E-state index in [1.807, 2.05) is 31.3 Å². The Labute approximate surface area is 89.5 Å². The van der Waals surface area contributed by atoms with Crippen LogP contribution in [0, 0.1) is 0 Å². The lowest BCUT2D eigenvalue weighted by atomic mass is 10.2. The average Bonchev–Trinajstić information content (AvgIpc) is 2.66. The third-order valence-corrected chi connectivity index (χ3v) is 2.64. The molecule has 2 rings (SSSR count). The Kier molecular flexibility index (Phi) is 2.54. The molecular weight excluding hydrogens is 186 g/mol. The number of hydrogen-bond donors (Lipinski definition) is 0. The standard InChI is InChI=1S/C12H15N3/c1-4-10-12(9(2)13-3)14-11-7-5-6-8-15(10)11/h5-8H,4H2,1-3H3. The summed E-state index contributed by atoms with van der Waals surface area (Å²) < 4.78 is 2.13. The van der Waals surface area contributed by atoms with Crippen molar-refractivity contribution in [3.05, 3.63) is 35.8 Å². The summed E-state index contributed by atoms with van der Waals surface area (Å²) in [5.41, 5.74) is 4.24. The second-order valence-electron chi connectivity index (χ2n) is 3.50. The molecule has 2 aromatic heterocycles. The molecule has 2 aromatic rings. The van der Waals surface area contributed by atoms with Gasteiger partial charge in [-0.15, -0.1) is 0 Å². The first-order valence-corrected chi connectivity index (χ1v) is 5.17. The maximum Gasteiger partial charge on any atom is 0.137 e. The fraction of sp³-hybridized carbons (Fsp3) is 0.333. The number of fused-ring (bicyclic) bond motifs is 1. The molecule has 0 aliphatic heterocycles. The van der Waals surface area contributed by atoms with Gasteiger partial charge in [-0.25, -0.2) is 4.98 Å². The Bertz CT molecular complexity index is 509. The molecule has 0 amide bonds. The molecule has 2 heterocycles. The molecule has 0 aliphatic carbocycles. The molecule has 0 N–H and O–H groups in total. The first-order valence-electron chi connectivity index (χ1n) is 5.17. The van der Waals surface area contributed by atoms with Gasteiger partial charge < -0.3 is 4.40 Å². The maximum atomic E-state index is 4.59. The maximum absolute atomic E-state index is 4.59. The first-order chi connectivity index (χ1) is 7.27. The molecule has 0 spiro atoms. The molecule has 3 nitrogen and oxygen atoms in total. The molecule has 0 saturated carbocycles. The van der Waals surface area contributed by atoms with E-state index in [0.717, 1.165) is 23.5 Å². The van der Waals surface area contributed by atoms with Crippen LogP contribution in [-0.2, 0) is 6.42 Å². The van der Waals surface area contributed by atoms with Crippen molar-refractivity contribution in [2.45, 2.75) is 20.3 Å². The fourth-order valence-corrected chi connectivity index (χ4v) is 1.78. The molecule has 0 unspecified atom stereocenters. The van der Waals surface area contributed by atoms with Gasteiger partial charge in [-0.2, -0.15) is 0 Å². The Morgan fingerprint density at radius 2 is 2.27 bits per heavy atom. The average molecular weight is 201 g/mol. The van der Waals surface area contributed by atoms with Crippen LogP contribution in [0.4, 0.5) is 0 Å². The smallest absolute Gasteiger partial charge is 0.137 e. The van der Waals surface area contributed by atoms with Gasteiger partial charge in [0.25, 0.3) is 0 Å². The lowest BCUT2D eigenvalue weighted by molar-refractivity contribution is 0.990. The molecule has 0 atom stereocenters. The van der Waals surface area contributed by atoms with E-state index in [1.165, 1.54) is 5.69 Å². The summed E-state index contributed by atoms with van der Waals surface area (Å²) in [7, 11) is 1.80. The molecule has 0 bridgehead atoms. The SMILES string of the molecule is CCc1c(C(C)=NC)nc2ccccn12. The predicted molar refractivity (Wildman–Crippen MR) is 62.7 cm³/mol. The van der Waals surface area contributed by atoms with Crippen LogP contribution in [0.2, 0.25) is 0 Å². The van der Waals surface area contributed by atoms with E-state index in [2.05, 4.69) is 21.3 Å². The van der Waals surface area contributed by atoms with E-state index in [4.69, 9.17) is 0 Å². The van der Waals surface area contributed by atoms with Gasteiger partial charge in [0.1, 0.15) is 11.3 Å². The van der Waals surface area contributed by atoms with Crippen LogP contribution in [0.3, 0.4) is 0 Å². The molecule has 0 aromatic carbocycles. The third-order valence-electron chi connectivity index (χ3n) is 2.64. The minimum Gasteiger partial charge on any atom is -0.303 e. The Morgan fingerprint density at radius 1 is 1.47 bits per heavy atom. The summed E-state index contributed by atoms with van der Waals surface area (Å²) in [5, 5.41) is 0. The van der Waals surface area contributed by atoms with Crippen molar-refractivity contribution in [1.29, 1.82) is 0 Å². The van der Waals surface area contributed by atoms with Gasteiger partial charge >= 0.3 is 0 Å². The largest absolute Gasteiger partial charge is 0.303 e. The van der Waals surface area contributed by atoms with Gasteiger partial charge in [-0.1, -0.05) is 13.0 Å². The van der Waals surface area contributed by atoms with E-state index in [1.54, 1.807) is 7.05 Å². The molecular formula is C12H15N3. The van der Waals surface area contributed by atoms with E-state index in [9.17, 15) is 0 Å². The highest BCUT2D eigenvalue weighted by Gasteiger charge is 2.11. The first kappa shape index (κ1) is 9.90. The summed E-state index contributed by atoms with van der Waals surface area (Å²) in [6, 6.07) is 6.05. The van der Waals surface area contributed by atoms with Crippen molar-refractivity contribution < 1.29 is 0 Å². The van der Waals surface area contributed by atoms with Gasteiger partial charge in [0.05, 0.1) is 11.4 Å². The number of nitrogens with zero attached hydrogens (tertiary/aromatic N) is 3. The van der Waals surface area contributed by atoms with E-state index in [-0.39, 0.29) is 0 Å². The summed E-state index contributed by atoms with van der Waals surface area (Å²) >= 11 is 0. The monoisotopic (exact) mass is 201 g/mol. The highest BCUT2D eigenvalue weighted by atomic mass is 15.0. The lowest BCUT2D eigenvalue weighted by Gasteiger charge is -2.00. The van der Waals surface area contributed by atoms with Crippen LogP contribution in [0.5, 0.6) is 0 Å². The summed E-state index contributed by atoms with van der Waals surface area (Å²) in [4.78, 5) is 8.79. The van der Waals surface area contributed by atoms with Crippen molar-refractivity contribution in [1.82, 2.24) is 9.38 Å². The Hall–Kier alpha value is -1.64. The van der Waals surface area contributed by atoms with Crippen molar-refractivity contribution in [3.8, 4) is 0 Å². The zero-order valence-corrected chi connectivity index (χ0v) is 9.36. The zero-order chi connectivity index (χ0) is 10.8. The molecule has 0 aliphatic rings. The van der Waals surface area contributed by atoms with Gasteiger partial charge in [-0.3, -0.25) is 4.99 Å². The highest BCUT2D eigenvalue weighted by Crippen LogP contribution is 2.14. The van der Waals surface area contributed by atoms with Crippen molar-refractivity contribution in [2.24, 2.45) is 4.99 Å². The molecule has 3 heteroatoms. The van der Waals surface area contributed by atoms with Gasteiger partial charge in [0.15, 0.2) is 0 Å². The Balaban J connectivity index is 2.75. The second-order valence-corrected chi connectivity index (χ2v) is 3.50. The molecule has 78 valence electrons. The second kappa shape index (κ2) is 3.85. The summed E-state index contributed by atoms with van der Waals surface area (Å²) in [6.45, 7) is 4.14. The van der Waals surface area contributed by atoms with Crippen LogP contribution in [0.1, 0.15) is 25.2 Å². The van der Waals surface area contributed by atoms with Crippen molar-refractivity contribution in [2.75, 3.05) is 7.05 Å². The minimum absolute atomic E-state index is 0.966. The minimum atomic E-state index is 0.966. The van der Waals surface area contributed by atoms with Crippen LogP contribution in [0.15, 0.2) is 29.4 Å². The molecule has 0 fully saturated rings. The summed E-state index contributed by atoms with van der Waals surface area (Å²) in [6.07, 6.45) is 3.01.